The van der Waals surface area contributed by atoms with Gasteiger partial charge in [-0.3, -0.25) is 4.79 Å². The lowest BCUT2D eigenvalue weighted by molar-refractivity contribution is 0.0903. The van der Waals surface area contributed by atoms with Crippen LogP contribution in [0.4, 0.5) is 0 Å². The summed E-state index contributed by atoms with van der Waals surface area (Å²) in [5.74, 6) is 1.11. The number of nitrogens with one attached hydrogen (secondary N) is 1. The lowest BCUT2D eigenvalue weighted by Gasteiger charge is -2.16. The number of thioether (sulfide) groups is 1. The van der Waals surface area contributed by atoms with Gasteiger partial charge in [-0.15, -0.1) is 0 Å². The molecular weight excluding hydrogens is 334 g/mol. The number of furan rings is 1. The summed E-state index contributed by atoms with van der Waals surface area (Å²) in [6.45, 7) is 6.15. The van der Waals surface area contributed by atoms with E-state index < -0.39 is 0 Å². The first kappa shape index (κ1) is 17.5. The number of nitrogens with zero attached hydrogens (tertiary/aromatic N) is 2. The molecule has 2 aromatic heterocycles. The van der Waals surface area contributed by atoms with Crippen LogP contribution in [0.1, 0.15) is 36.9 Å². The molecule has 1 amide bonds. The van der Waals surface area contributed by atoms with Crippen LogP contribution in [0.2, 0.25) is 0 Å². The average molecular weight is 355 g/mol. The second-order valence-electron chi connectivity index (χ2n) is 6.23. The van der Waals surface area contributed by atoms with Gasteiger partial charge in [0.25, 0.3) is 5.91 Å². The van der Waals surface area contributed by atoms with Crippen LogP contribution in [0.25, 0.3) is 11.0 Å². The third kappa shape index (κ3) is 4.02. The van der Waals surface area contributed by atoms with Gasteiger partial charge in [-0.2, -0.15) is 0 Å². The Bertz CT molecular complexity index is 861. The largest absolute Gasteiger partial charge is 0.451 e. The van der Waals surface area contributed by atoms with Gasteiger partial charge in [0.2, 0.25) is 0 Å². The molecule has 3 aromatic rings. The Morgan fingerprint density at radius 3 is 2.60 bits per heavy atom. The minimum absolute atomic E-state index is 0.0682. The number of benzene rings is 1. The van der Waals surface area contributed by atoms with Crippen LogP contribution in [-0.2, 0) is 5.75 Å². The summed E-state index contributed by atoms with van der Waals surface area (Å²) < 4.78 is 5.86. The zero-order valence-electron chi connectivity index (χ0n) is 14.5. The SMILES string of the molecule is CC(C)C(C)NC(=O)c1oc2ccccc2c1CSc1ncccn1. The molecule has 2 heterocycles. The molecule has 0 aliphatic heterocycles. The standard InChI is InChI=1S/C19H21N3O2S/c1-12(2)13(3)22-18(23)17-15(11-25-19-20-9-6-10-21-19)14-7-4-5-8-16(14)24-17/h4-10,12-13H,11H2,1-3H3,(H,22,23). The monoisotopic (exact) mass is 355 g/mol. The van der Waals surface area contributed by atoms with Crippen molar-refractivity contribution in [1.82, 2.24) is 15.3 Å². The van der Waals surface area contributed by atoms with E-state index in [1.54, 1.807) is 18.5 Å². The van der Waals surface area contributed by atoms with Gasteiger partial charge in [0.1, 0.15) is 5.58 Å². The molecule has 1 atom stereocenters. The van der Waals surface area contributed by atoms with Crippen molar-refractivity contribution in [2.75, 3.05) is 0 Å². The van der Waals surface area contributed by atoms with Gasteiger partial charge in [0, 0.05) is 35.1 Å². The normalized spacial score (nSPS) is 12.5. The van der Waals surface area contributed by atoms with E-state index in [1.165, 1.54) is 11.8 Å². The molecule has 6 heteroatoms. The van der Waals surface area contributed by atoms with Crippen molar-refractivity contribution in [3.8, 4) is 0 Å². The number of amides is 1. The predicted molar refractivity (Wildman–Crippen MR) is 99.6 cm³/mol. The highest BCUT2D eigenvalue weighted by molar-refractivity contribution is 7.98. The highest BCUT2D eigenvalue weighted by Gasteiger charge is 2.22. The fourth-order valence-corrected chi connectivity index (χ4v) is 3.19. The number of aromatic nitrogens is 2. The van der Waals surface area contributed by atoms with E-state index in [-0.39, 0.29) is 11.9 Å². The number of carbonyl (C=O) groups is 1. The Morgan fingerprint density at radius 2 is 1.88 bits per heavy atom. The summed E-state index contributed by atoms with van der Waals surface area (Å²) in [6, 6.07) is 9.56. The molecule has 0 bridgehead atoms. The predicted octanol–water partition coefficient (Wildman–Crippen LogP) is 4.29. The first-order valence-electron chi connectivity index (χ1n) is 8.27. The summed E-state index contributed by atoms with van der Waals surface area (Å²) in [5, 5.41) is 4.65. The van der Waals surface area contributed by atoms with E-state index >= 15 is 0 Å². The van der Waals surface area contributed by atoms with E-state index in [0.29, 0.717) is 22.6 Å². The molecule has 1 N–H and O–H groups in total. The Morgan fingerprint density at radius 1 is 1.16 bits per heavy atom. The van der Waals surface area contributed by atoms with Gasteiger partial charge in [-0.25, -0.2) is 9.97 Å². The maximum atomic E-state index is 12.7. The van der Waals surface area contributed by atoms with Crippen molar-refractivity contribution in [2.45, 2.75) is 37.7 Å². The number of para-hydroxylation sites is 1. The number of rotatable bonds is 6. The van der Waals surface area contributed by atoms with Crippen LogP contribution in [0, 0.1) is 5.92 Å². The van der Waals surface area contributed by atoms with Gasteiger partial charge >= 0.3 is 0 Å². The van der Waals surface area contributed by atoms with Gasteiger partial charge in [-0.05, 0) is 25.0 Å². The first-order chi connectivity index (χ1) is 12.1. The van der Waals surface area contributed by atoms with E-state index in [2.05, 4.69) is 29.1 Å². The van der Waals surface area contributed by atoms with Crippen LogP contribution in [-0.4, -0.2) is 21.9 Å². The molecule has 0 saturated carbocycles. The second-order valence-corrected chi connectivity index (χ2v) is 7.17. The summed E-state index contributed by atoms with van der Waals surface area (Å²) in [7, 11) is 0. The zero-order valence-corrected chi connectivity index (χ0v) is 15.3. The summed E-state index contributed by atoms with van der Waals surface area (Å²) in [5.41, 5.74) is 1.59. The van der Waals surface area contributed by atoms with E-state index in [1.807, 2.05) is 31.2 Å². The van der Waals surface area contributed by atoms with E-state index in [0.717, 1.165) is 16.5 Å². The first-order valence-corrected chi connectivity index (χ1v) is 9.26. The Kier molecular flexibility index (Phi) is 5.38. The van der Waals surface area contributed by atoms with Crippen molar-refractivity contribution >= 4 is 28.6 Å². The molecule has 5 nitrogen and oxygen atoms in total. The highest BCUT2D eigenvalue weighted by atomic mass is 32.2. The average Bonchev–Trinajstić information content (AvgIpc) is 2.99. The molecule has 0 aliphatic rings. The fourth-order valence-electron chi connectivity index (χ4n) is 2.36. The quantitative estimate of drug-likeness (QED) is 0.528. The van der Waals surface area contributed by atoms with Crippen molar-refractivity contribution < 1.29 is 9.21 Å². The fraction of sp³-hybridized carbons (Fsp3) is 0.316. The molecule has 25 heavy (non-hydrogen) atoms. The van der Waals surface area contributed by atoms with E-state index in [4.69, 9.17) is 4.42 Å². The zero-order chi connectivity index (χ0) is 17.8. The molecular formula is C19H21N3O2S. The van der Waals surface area contributed by atoms with Crippen LogP contribution < -0.4 is 5.32 Å². The van der Waals surface area contributed by atoms with Crippen molar-refractivity contribution in [2.24, 2.45) is 5.92 Å². The Balaban J connectivity index is 1.90. The smallest absolute Gasteiger partial charge is 0.287 e. The molecule has 0 saturated heterocycles. The molecule has 0 aliphatic carbocycles. The molecule has 0 radical (unpaired) electrons. The number of fused-ring (bicyclic) bond motifs is 1. The summed E-state index contributed by atoms with van der Waals surface area (Å²) in [6.07, 6.45) is 3.42. The van der Waals surface area contributed by atoms with Gasteiger partial charge in [0.15, 0.2) is 10.9 Å². The third-order valence-electron chi connectivity index (χ3n) is 4.15. The van der Waals surface area contributed by atoms with Crippen molar-refractivity contribution in [3.63, 3.8) is 0 Å². The second kappa shape index (κ2) is 7.70. The summed E-state index contributed by atoms with van der Waals surface area (Å²) >= 11 is 1.49. The van der Waals surface area contributed by atoms with Crippen LogP contribution in [0.3, 0.4) is 0 Å². The maximum Gasteiger partial charge on any atom is 0.287 e. The maximum absolute atomic E-state index is 12.7. The van der Waals surface area contributed by atoms with Crippen molar-refractivity contribution in [1.29, 1.82) is 0 Å². The van der Waals surface area contributed by atoms with E-state index in [9.17, 15) is 4.79 Å². The Hall–Kier alpha value is -2.34. The minimum atomic E-state index is -0.179. The topological polar surface area (TPSA) is 68.0 Å². The molecule has 130 valence electrons. The number of hydrogen-bond acceptors (Lipinski definition) is 5. The molecule has 3 rings (SSSR count). The highest BCUT2D eigenvalue weighted by Crippen LogP contribution is 2.31. The lowest BCUT2D eigenvalue weighted by atomic mass is 10.1. The molecule has 0 spiro atoms. The summed E-state index contributed by atoms with van der Waals surface area (Å²) in [4.78, 5) is 21.2. The number of hydrogen-bond donors (Lipinski definition) is 1. The number of carbonyl (C=O) groups excluding carboxylic acids is 1. The van der Waals surface area contributed by atoms with Crippen LogP contribution in [0.15, 0.2) is 52.3 Å². The molecule has 1 aromatic carbocycles. The lowest BCUT2D eigenvalue weighted by Crippen LogP contribution is -2.36. The molecule has 0 fully saturated rings. The van der Waals surface area contributed by atoms with Gasteiger partial charge in [0.05, 0.1) is 0 Å². The van der Waals surface area contributed by atoms with Crippen LogP contribution >= 0.6 is 11.8 Å². The van der Waals surface area contributed by atoms with Gasteiger partial charge in [-0.1, -0.05) is 43.8 Å². The third-order valence-corrected chi connectivity index (χ3v) is 5.05. The van der Waals surface area contributed by atoms with Gasteiger partial charge < -0.3 is 9.73 Å². The van der Waals surface area contributed by atoms with Crippen LogP contribution in [0.5, 0.6) is 0 Å². The minimum Gasteiger partial charge on any atom is -0.451 e. The Labute approximate surface area is 151 Å². The van der Waals surface area contributed by atoms with Crippen molar-refractivity contribution in [3.05, 3.63) is 54.0 Å². The molecule has 1 unspecified atom stereocenters.